The minimum absolute atomic E-state index is 0.0990. The van der Waals surface area contributed by atoms with Crippen molar-refractivity contribution >= 4 is 5.69 Å². The molecule has 0 amide bonds. The number of hydrogen-bond donors (Lipinski definition) is 0. The number of halogens is 6. The van der Waals surface area contributed by atoms with Gasteiger partial charge in [0.05, 0.1) is 16.6 Å². The maximum absolute atomic E-state index is 12.2. The molecule has 0 aliphatic carbocycles. The van der Waals surface area contributed by atoms with Crippen LogP contribution in [0.2, 0.25) is 0 Å². The third-order valence-corrected chi connectivity index (χ3v) is 2.80. The molecule has 0 unspecified atom stereocenters. The van der Waals surface area contributed by atoms with Crippen molar-refractivity contribution < 1.29 is 40.7 Å². The van der Waals surface area contributed by atoms with E-state index in [1.165, 1.54) is 0 Å². The second-order valence-electron chi connectivity index (χ2n) is 4.56. The van der Waals surface area contributed by atoms with Gasteiger partial charge >= 0.3 is 12.7 Å². The Morgan fingerprint density at radius 3 is 1.76 bits per heavy atom. The number of nitrogens with zero attached hydrogens (tertiary/aromatic N) is 1. The highest BCUT2D eigenvalue weighted by atomic mass is 19.4. The fourth-order valence-corrected chi connectivity index (χ4v) is 1.94. The van der Waals surface area contributed by atoms with E-state index in [1.807, 2.05) is 0 Å². The molecule has 0 saturated carbocycles. The average Bonchev–Trinajstić information content (AvgIpc) is 2.45. The fraction of sp³-hybridized carbons (Fsp3) is 0.143. The molecule has 0 aliphatic rings. The topological polar surface area (TPSA) is 61.6 Å². The molecule has 2 rings (SSSR count). The first-order valence-corrected chi connectivity index (χ1v) is 6.35. The van der Waals surface area contributed by atoms with Gasteiger partial charge in [-0.1, -0.05) is 12.1 Å². The van der Waals surface area contributed by atoms with Gasteiger partial charge in [0.2, 0.25) is 0 Å². The van der Waals surface area contributed by atoms with Crippen molar-refractivity contribution in [3.63, 3.8) is 0 Å². The highest BCUT2D eigenvalue weighted by Crippen LogP contribution is 2.36. The number of nitro benzene ring substituents is 1. The van der Waals surface area contributed by atoms with Crippen molar-refractivity contribution in [1.82, 2.24) is 0 Å². The minimum atomic E-state index is -5.02. The zero-order valence-electron chi connectivity index (χ0n) is 11.9. The first kappa shape index (κ1) is 18.4. The molecule has 0 N–H and O–H groups in total. The summed E-state index contributed by atoms with van der Waals surface area (Å²) in [6, 6.07) is 6.48. The van der Waals surface area contributed by atoms with Gasteiger partial charge in [-0.05, 0) is 29.8 Å². The van der Waals surface area contributed by atoms with Crippen LogP contribution in [-0.4, -0.2) is 17.6 Å². The summed E-state index contributed by atoms with van der Waals surface area (Å²) >= 11 is 0. The number of benzene rings is 2. The Morgan fingerprint density at radius 2 is 1.28 bits per heavy atom. The van der Waals surface area contributed by atoms with Crippen LogP contribution < -0.4 is 9.47 Å². The molecule has 2 aromatic rings. The number of hydrogen-bond acceptors (Lipinski definition) is 4. The van der Waals surface area contributed by atoms with Crippen LogP contribution in [0.5, 0.6) is 11.5 Å². The second kappa shape index (κ2) is 6.49. The van der Waals surface area contributed by atoms with E-state index in [0.717, 1.165) is 36.4 Å². The molecule has 2 aromatic carbocycles. The summed E-state index contributed by atoms with van der Waals surface area (Å²) in [4.78, 5) is 10.1. The van der Waals surface area contributed by atoms with Gasteiger partial charge < -0.3 is 9.47 Å². The Bertz CT molecular complexity index is 770. The van der Waals surface area contributed by atoms with Crippen LogP contribution >= 0.6 is 0 Å². The van der Waals surface area contributed by atoms with Crippen molar-refractivity contribution in [3.8, 4) is 22.6 Å². The first-order chi connectivity index (χ1) is 11.4. The summed E-state index contributed by atoms with van der Waals surface area (Å²) in [7, 11) is 0. The van der Waals surface area contributed by atoms with Crippen LogP contribution in [0.25, 0.3) is 11.1 Å². The number of rotatable bonds is 4. The highest BCUT2D eigenvalue weighted by Gasteiger charge is 2.32. The second-order valence-corrected chi connectivity index (χ2v) is 4.56. The van der Waals surface area contributed by atoms with E-state index in [-0.39, 0.29) is 11.1 Å². The first-order valence-electron chi connectivity index (χ1n) is 6.35. The van der Waals surface area contributed by atoms with E-state index in [9.17, 15) is 36.5 Å². The molecule has 11 heteroatoms. The third-order valence-electron chi connectivity index (χ3n) is 2.80. The molecule has 0 radical (unpaired) electrons. The highest BCUT2D eigenvalue weighted by molar-refractivity contribution is 5.75. The van der Waals surface area contributed by atoms with Crippen LogP contribution in [0.1, 0.15) is 0 Å². The lowest BCUT2D eigenvalue weighted by Gasteiger charge is -2.11. The molecular formula is C14H7F6NO4. The van der Waals surface area contributed by atoms with Gasteiger partial charge in [0.15, 0.2) is 0 Å². The van der Waals surface area contributed by atoms with Gasteiger partial charge in [-0.15, -0.1) is 26.3 Å². The van der Waals surface area contributed by atoms with Crippen LogP contribution in [0.4, 0.5) is 32.0 Å². The molecule has 0 saturated heterocycles. The Morgan fingerprint density at radius 1 is 0.800 bits per heavy atom. The normalized spacial score (nSPS) is 11.9. The SMILES string of the molecule is O=[N+]([O-])c1cc(OC(F)(F)F)ccc1-c1ccc(OC(F)(F)F)cc1. The quantitative estimate of drug-likeness (QED) is 0.431. The van der Waals surface area contributed by atoms with E-state index in [0.29, 0.717) is 6.07 Å². The monoisotopic (exact) mass is 367 g/mol. The van der Waals surface area contributed by atoms with Crippen molar-refractivity contribution in [2.75, 3.05) is 0 Å². The lowest BCUT2D eigenvalue weighted by molar-refractivity contribution is -0.384. The standard InChI is InChI=1S/C14H7F6NO4/c15-13(16,17)24-9-3-1-8(2-4-9)11-6-5-10(25-14(18,19)20)7-12(11)21(22)23/h1-7H. The molecule has 0 spiro atoms. The van der Waals surface area contributed by atoms with Crippen LogP contribution in [0.15, 0.2) is 42.5 Å². The van der Waals surface area contributed by atoms with E-state index < -0.39 is 34.8 Å². The molecule has 5 nitrogen and oxygen atoms in total. The van der Waals surface area contributed by atoms with Gasteiger partial charge in [0.1, 0.15) is 11.5 Å². The van der Waals surface area contributed by atoms with Crippen molar-refractivity contribution in [1.29, 1.82) is 0 Å². The van der Waals surface area contributed by atoms with Gasteiger partial charge in [-0.2, -0.15) is 0 Å². The maximum atomic E-state index is 12.2. The largest absolute Gasteiger partial charge is 0.573 e. The molecule has 0 heterocycles. The fourth-order valence-electron chi connectivity index (χ4n) is 1.94. The van der Waals surface area contributed by atoms with E-state index >= 15 is 0 Å². The lowest BCUT2D eigenvalue weighted by Crippen LogP contribution is -2.17. The summed E-state index contributed by atoms with van der Waals surface area (Å²) in [6.07, 6.45) is -9.92. The summed E-state index contributed by atoms with van der Waals surface area (Å²) in [5, 5.41) is 11.1. The molecule has 0 fully saturated rings. The predicted molar refractivity (Wildman–Crippen MR) is 71.9 cm³/mol. The summed E-state index contributed by atoms with van der Waals surface area (Å²) in [6.45, 7) is 0. The summed E-state index contributed by atoms with van der Waals surface area (Å²) in [5.74, 6) is -1.34. The summed E-state index contributed by atoms with van der Waals surface area (Å²) in [5.41, 5.74) is -0.691. The van der Waals surface area contributed by atoms with Crippen molar-refractivity contribution in [3.05, 3.63) is 52.6 Å². The number of ether oxygens (including phenoxy) is 2. The van der Waals surface area contributed by atoms with E-state index in [2.05, 4.69) is 9.47 Å². The smallest absolute Gasteiger partial charge is 0.406 e. The molecule has 0 aliphatic heterocycles. The summed E-state index contributed by atoms with van der Waals surface area (Å²) < 4.78 is 80.1. The van der Waals surface area contributed by atoms with Crippen LogP contribution in [0.3, 0.4) is 0 Å². The average molecular weight is 367 g/mol. The Hall–Kier alpha value is -2.98. The predicted octanol–water partition coefficient (Wildman–Crippen LogP) is 5.06. The molecule has 25 heavy (non-hydrogen) atoms. The zero-order valence-corrected chi connectivity index (χ0v) is 11.9. The molecule has 0 atom stereocenters. The molecule has 0 aromatic heterocycles. The maximum Gasteiger partial charge on any atom is 0.573 e. The molecule has 0 bridgehead atoms. The van der Waals surface area contributed by atoms with Crippen molar-refractivity contribution in [2.24, 2.45) is 0 Å². The van der Waals surface area contributed by atoms with Gasteiger partial charge in [0.25, 0.3) is 5.69 Å². The van der Waals surface area contributed by atoms with Gasteiger partial charge in [-0.3, -0.25) is 10.1 Å². The number of alkyl halides is 6. The minimum Gasteiger partial charge on any atom is -0.406 e. The number of nitro groups is 1. The van der Waals surface area contributed by atoms with E-state index in [1.54, 1.807) is 0 Å². The van der Waals surface area contributed by atoms with Crippen molar-refractivity contribution in [2.45, 2.75) is 12.7 Å². The van der Waals surface area contributed by atoms with E-state index in [4.69, 9.17) is 0 Å². The Kier molecular flexibility index (Phi) is 4.77. The lowest BCUT2D eigenvalue weighted by atomic mass is 10.0. The Balaban J connectivity index is 2.36. The van der Waals surface area contributed by atoms with Gasteiger partial charge in [0, 0.05) is 0 Å². The van der Waals surface area contributed by atoms with Crippen LogP contribution in [0, 0.1) is 10.1 Å². The zero-order chi connectivity index (χ0) is 18.8. The molecular weight excluding hydrogens is 360 g/mol. The van der Waals surface area contributed by atoms with Gasteiger partial charge in [-0.25, -0.2) is 0 Å². The van der Waals surface area contributed by atoms with Crippen LogP contribution in [-0.2, 0) is 0 Å². The molecule has 134 valence electrons. The Labute approximate surface area is 135 Å². The third kappa shape index (κ3) is 5.26.